The van der Waals surface area contributed by atoms with Crippen LogP contribution in [0.3, 0.4) is 0 Å². The second-order valence-corrected chi connectivity index (χ2v) is 7.63. The molecular formula is C12H13F2NO5S2. The molecule has 0 radical (unpaired) electrons. The molecule has 0 saturated carbocycles. The molecule has 0 aromatic carbocycles. The SMILES string of the molecule is O=C(O)C1CCN(C(=O)c2sccc2S(=O)(=O)C(F)F)CC1. The fourth-order valence-corrected chi connectivity index (χ4v) is 4.38. The highest BCUT2D eigenvalue weighted by Crippen LogP contribution is 2.29. The molecule has 1 fully saturated rings. The van der Waals surface area contributed by atoms with E-state index in [9.17, 15) is 26.8 Å². The van der Waals surface area contributed by atoms with Gasteiger partial charge >= 0.3 is 11.7 Å². The molecule has 1 N–H and O–H groups in total. The average Bonchev–Trinajstić information content (AvgIpc) is 2.96. The van der Waals surface area contributed by atoms with Crippen LogP contribution in [-0.2, 0) is 14.6 Å². The number of amides is 1. The van der Waals surface area contributed by atoms with Gasteiger partial charge in [-0.2, -0.15) is 8.78 Å². The van der Waals surface area contributed by atoms with Crippen LogP contribution >= 0.6 is 11.3 Å². The molecule has 2 rings (SSSR count). The van der Waals surface area contributed by atoms with Gasteiger partial charge in [0.2, 0.25) is 9.84 Å². The minimum absolute atomic E-state index is 0.155. The molecule has 0 bridgehead atoms. The highest BCUT2D eigenvalue weighted by molar-refractivity contribution is 7.92. The molecule has 0 spiro atoms. The van der Waals surface area contributed by atoms with E-state index in [2.05, 4.69) is 0 Å². The monoisotopic (exact) mass is 353 g/mol. The van der Waals surface area contributed by atoms with E-state index >= 15 is 0 Å². The standard InChI is InChI=1S/C12H13F2NO5S2/c13-12(14)22(19,20)8-3-6-21-9(8)10(16)15-4-1-7(2-5-15)11(17)18/h3,6-7,12H,1-2,4-5H2,(H,17,18). The summed E-state index contributed by atoms with van der Waals surface area (Å²) in [7, 11) is -4.84. The maximum Gasteiger partial charge on any atom is 0.341 e. The minimum Gasteiger partial charge on any atom is -0.481 e. The number of halogens is 2. The number of carbonyl (C=O) groups is 2. The third kappa shape index (κ3) is 3.12. The molecule has 1 saturated heterocycles. The lowest BCUT2D eigenvalue weighted by Crippen LogP contribution is -2.40. The van der Waals surface area contributed by atoms with Crippen LogP contribution in [0.2, 0.25) is 0 Å². The summed E-state index contributed by atoms with van der Waals surface area (Å²) in [4.78, 5) is 23.5. The molecule has 1 aromatic heterocycles. The van der Waals surface area contributed by atoms with Crippen molar-refractivity contribution in [3.8, 4) is 0 Å². The summed E-state index contributed by atoms with van der Waals surface area (Å²) in [6.45, 7) is 0.309. The number of carboxylic acids is 1. The molecule has 1 aliphatic heterocycles. The van der Waals surface area contributed by atoms with E-state index in [0.717, 1.165) is 17.4 Å². The Morgan fingerprint density at radius 1 is 1.32 bits per heavy atom. The van der Waals surface area contributed by atoms with Crippen LogP contribution in [0.5, 0.6) is 0 Å². The van der Waals surface area contributed by atoms with Gasteiger partial charge in [0.15, 0.2) is 0 Å². The number of piperidine rings is 1. The predicted molar refractivity (Wildman–Crippen MR) is 73.8 cm³/mol. The van der Waals surface area contributed by atoms with Crippen molar-refractivity contribution in [1.82, 2.24) is 4.90 Å². The van der Waals surface area contributed by atoms with Gasteiger partial charge in [-0.05, 0) is 24.3 Å². The quantitative estimate of drug-likeness (QED) is 0.889. The molecule has 0 aliphatic carbocycles. The smallest absolute Gasteiger partial charge is 0.341 e. The lowest BCUT2D eigenvalue weighted by molar-refractivity contribution is -0.143. The number of nitrogens with zero attached hydrogens (tertiary/aromatic N) is 1. The van der Waals surface area contributed by atoms with Crippen molar-refractivity contribution in [2.24, 2.45) is 5.92 Å². The van der Waals surface area contributed by atoms with Gasteiger partial charge in [-0.1, -0.05) is 0 Å². The van der Waals surface area contributed by atoms with E-state index in [4.69, 9.17) is 5.11 Å². The molecule has 122 valence electrons. The first-order valence-corrected chi connectivity index (χ1v) is 8.79. The summed E-state index contributed by atoms with van der Waals surface area (Å²) in [5, 5.41) is 10.2. The van der Waals surface area contributed by atoms with Crippen LogP contribution in [-0.4, -0.2) is 49.1 Å². The third-order valence-corrected chi connectivity index (χ3v) is 5.95. The van der Waals surface area contributed by atoms with Gasteiger partial charge in [0.1, 0.15) is 4.88 Å². The largest absolute Gasteiger partial charge is 0.481 e. The highest BCUT2D eigenvalue weighted by Gasteiger charge is 2.35. The van der Waals surface area contributed by atoms with Gasteiger partial charge in [0, 0.05) is 13.1 Å². The molecule has 6 nitrogen and oxygen atoms in total. The van der Waals surface area contributed by atoms with Crippen molar-refractivity contribution < 1.29 is 31.9 Å². The lowest BCUT2D eigenvalue weighted by atomic mass is 9.97. The first kappa shape index (κ1) is 16.8. The number of sulfone groups is 1. The van der Waals surface area contributed by atoms with Crippen LogP contribution in [0.4, 0.5) is 8.78 Å². The fourth-order valence-electron chi connectivity index (χ4n) is 2.25. The van der Waals surface area contributed by atoms with Crippen molar-refractivity contribution in [3.05, 3.63) is 16.3 Å². The van der Waals surface area contributed by atoms with E-state index in [1.807, 2.05) is 0 Å². The summed E-state index contributed by atoms with van der Waals surface area (Å²) in [6, 6.07) is 0.989. The number of likely N-dealkylation sites (tertiary alicyclic amines) is 1. The van der Waals surface area contributed by atoms with Gasteiger partial charge < -0.3 is 10.0 Å². The van der Waals surface area contributed by atoms with Crippen molar-refractivity contribution in [3.63, 3.8) is 0 Å². The molecule has 2 heterocycles. The Balaban J connectivity index is 2.19. The fraction of sp³-hybridized carbons (Fsp3) is 0.500. The molecular weight excluding hydrogens is 340 g/mol. The van der Waals surface area contributed by atoms with Crippen LogP contribution in [0, 0.1) is 5.92 Å². The van der Waals surface area contributed by atoms with Crippen LogP contribution in [0.25, 0.3) is 0 Å². The number of rotatable bonds is 4. The average molecular weight is 353 g/mol. The Bertz CT molecular complexity index is 677. The zero-order valence-electron chi connectivity index (χ0n) is 11.2. The zero-order chi connectivity index (χ0) is 16.5. The number of hydrogen-bond acceptors (Lipinski definition) is 5. The Labute approximate surface area is 129 Å². The van der Waals surface area contributed by atoms with Crippen LogP contribution in [0.15, 0.2) is 16.3 Å². The summed E-state index contributed by atoms with van der Waals surface area (Å²) in [5.74, 6) is -5.73. The summed E-state index contributed by atoms with van der Waals surface area (Å²) >= 11 is 0.783. The summed E-state index contributed by atoms with van der Waals surface area (Å²) < 4.78 is 48.4. The maximum absolute atomic E-state index is 12.6. The number of carboxylic acid groups (broad SMARTS) is 1. The Hall–Kier alpha value is -1.55. The van der Waals surface area contributed by atoms with E-state index in [1.54, 1.807) is 0 Å². The Kier molecular flexibility index (Phi) is 4.81. The maximum atomic E-state index is 12.6. The molecule has 1 aromatic rings. The van der Waals surface area contributed by atoms with Crippen LogP contribution < -0.4 is 0 Å². The summed E-state index contributed by atoms with van der Waals surface area (Å²) in [6.07, 6.45) is 0.507. The van der Waals surface area contributed by atoms with Crippen LogP contribution in [0.1, 0.15) is 22.5 Å². The van der Waals surface area contributed by atoms with E-state index in [-0.39, 0.29) is 30.8 Å². The van der Waals surface area contributed by atoms with Gasteiger partial charge in [0.05, 0.1) is 10.8 Å². The molecule has 22 heavy (non-hydrogen) atoms. The number of carbonyl (C=O) groups excluding carboxylic acids is 1. The Morgan fingerprint density at radius 3 is 2.41 bits per heavy atom. The predicted octanol–water partition coefficient (Wildman–Crippen LogP) is 1.68. The Morgan fingerprint density at radius 2 is 1.91 bits per heavy atom. The minimum atomic E-state index is -4.84. The normalized spacial score (nSPS) is 17.0. The number of alkyl halides is 2. The first-order valence-electron chi connectivity index (χ1n) is 6.36. The second-order valence-electron chi connectivity index (χ2n) is 4.82. The topological polar surface area (TPSA) is 91.8 Å². The van der Waals surface area contributed by atoms with E-state index in [1.165, 1.54) is 10.3 Å². The lowest BCUT2D eigenvalue weighted by Gasteiger charge is -2.30. The third-order valence-electron chi connectivity index (χ3n) is 3.50. The second kappa shape index (κ2) is 6.29. The molecule has 0 atom stereocenters. The molecule has 0 unspecified atom stereocenters. The summed E-state index contributed by atoms with van der Waals surface area (Å²) in [5.41, 5.74) is 0. The number of aliphatic carboxylic acids is 1. The van der Waals surface area contributed by atoms with Gasteiger partial charge in [0.25, 0.3) is 5.91 Å². The van der Waals surface area contributed by atoms with E-state index in [0.29, 0.717) is 0 Å². The zero-order valence-corrected chi connectivity index (χ0v) is 12.9. The van der Waals surface area contributed by atoms with Gasteiger partial charge in [-0.25, -0.2) is 8.42 Å². The highest BCUT2D eigenvalue weighted by atomic mass is 32.2. The number of thiophene rings is 1. The number of hydrogen-bond donors (Lipinski definition) is 1. The van der Waals surface area contributed by atoms with Gasteiger partial charge in [-0.3, -0.25) is 9.59 Å². The van der Waals surface area contributed by atoms with Gasteiger partial charge in [-0.15, -0.1) is 11.3 Å². The van der Waals surface area contributed by atoms with Crippen molar-refractivity contribution in [2.45, 2.75) is 23.5 Å². The first-order chi connectivity index (χ1) is 10.2. The molecule has 1 aliphatic rings. The van der Waals surface area contributed by atoms with E-state index < -0.39 is 38.3 Å². The van der Waals surface area contributed by atoms with Crippen molar-refractivity contribution >= 4 is 33.1 Å². The molecule has 10 heteroatoms. The van der Waals surface area contributed by atoms with Crippen molar-refractivity contribution in [1.29, 1.82) is 0 Å². The van der Waals surface area contributed by atoms with Crippen molar-refractivity contribution in [2.75, 3.05) is 13.1 Å². The molecule has 1 amide bonds.